The Balaban J connectivity index is 1.51. The van der Waals surface area contributed by atoms with Crippen LogP contribution in [0.3, 0.4) is 0 Å². The van der Waals surface area contributed by atoms with Crippen LogP contribution in [-0.2, 0) is 12.0 Å². The van der Waals surface area contributed by atoms with E-state index >= 15 is 0 Å². The summed E-state index contributed by atoms with van der Waals surface area (Å²) < 4.78 is 34.5. The van der Waals surface area contributed by atoms with Crippen LogP contribution in [0.5, 0.6) is 0 Å². The molecule has 34 heavy (non-hydrogen) atoms. The van der Waals surface area contributed by atoms with E-state index in [1.807, 2.05) is 12.1 Å². The van der Waals surface area contributed by atoms with Crippen molar-refractivity contribution in [3.8, 4) is 22.6 Å². The van der Waals surface area contributed by atoms with Gasteiger partial charge in [-0.3, -0.25) is 4.98 Å². The molecule has 1 aromatic carbocycles. The number of aromatic nitrogens is 4. The van der Waals surface area contributed by atoms with Gasteiger partial charge < -0.3 is 9.52 Å². The molecule has 0 unspecified atom stereocenters. The van der Waals surface area contributed by atoms with E-state index in [0.717, 1.165) is 35.4 Å². The molecule has 0 radical (unpaired) electrons. The third-order valence-corrected chi connectivity index (χ3v) is 7.77. The van der Waals surface area contributed by atoms with Crippen LogP contribution >= 0.6 is 0 Å². The Bertz CT molecular complexity index is 1410. The summed E-state index contributed by atoms with van der Waals surface area (Å²) in [5.74, 6) is -0.364. The number of aliphatic hydroxyl groups excluding tert-OH is 1. The maximum Gasteiger partial charge on any atom is 0.220 e. The van der Waals surface area contributed by atoms with Crippen LogP contribution in [0.15, 0.2) is 53.2 Å². The number of aliphatic hydroxyl groups is 1. The highest BCUT2D eigenvalue weighted by Gasteiger charge is 2.65. The summed E-state index contributed by atoms with van der Waals surface area (Å²) in [4.78, 5) is 8.83. The van der Waals surface area contributed by atoms with Gasteiger partial charge in [-0.2, -0.15) is 5.10 Å². The molecule has 0 saturated heterocycles. The Hall–Kier alpha value is -3.52. The first-order valence-electron chi connectivity index (χ1n) is 11.2. The SMILES string of the molecule is CC1(C)[C@H]2CC[C@@]1(c1cc(-c3cnc(CO)o3)ccn1)c1nnc(-c3c(F)cccc3F)cc12. The smallest absolute Gasteiger partial charge is 0.220 e. The standard InChI is InChI=1S/C26H22F2N4O2/c1-25(2)16-6-8-26(25,21-10-14(7-9-29-21)20-12-30-22(13-33)34-20)24-15(16)11-19(31-32-24)23-17(27)4-3-5-18(23)28/h3-5,7,9-12,16,33H,6,8,13H2,1-2H3/t16-,26+/m0/s1. The predicted octanol–water partition coefficient (Wildman–Crippen LogP) is 5.17. The van der Waals surface area contributed by atoms with E-state index in [0.29, 0.717) is 5.76 Å². The fraction of sp³-hybridized carbons (Fsp3) is 0.308. The monoisotopic (exact) mass is 460 g/mol. The van der Waals surface area contributed by atoms with E-state index in [2.05, 4.69) is 29.0 Å². The Morgan fingerprint density at radius 1 is 1.09 bits per heavy atom. The summed E-state index contributed by atoms with van der Waals surface area (Å²) in [6.07, 6.45) is 5.07. The summed E-state index contributed by atoms with van der Waals surface area (Å²) >= 11 is 0. The third kappa shape index (κ3) is 2.69. The fourth-order valence-electron chi connectivity index (χ4n) is 6.09. The third-order valence-electron chi connectivity index (χ3n) is 7.77. The summed E-state index contributed by atoms with van der Waals surface area (Å²) in [6.45, 7) is 4.12. The van der Waals surface area contributed by atoms with Crippen molar-refractivity contribution in [3.05, 3.63) is 83.3 Å². The molecule has 2 aliphatic rings. The van der Waals surface area contributed by atoms with Gasteiger partial charge in [0.15, 0.2) is 5.76 Å². The zero-order valence-electron chi connectivity index (χ0n) is 18.7. The van der Waals surface area contributed by atoms with E-state index in [9.17, 15) is 13.9 Å². The van der Waals surface area contributed by atoms with Crippen LogP contribution in [0.1, 0.15) is 55.4 Å². The van der Waals surface area contributed by atoms with Gasteiger partial charge in [0.05, 0.1) is 34.3 Å². The minimum absolute atomic E-state index is 0.155. The lowest BCUT2D eigenvalue weighted by molar-refractivity contribution is 0.241. The number of fused-ring (bicyclic) bond motifs is 5. The molecule has 6 nitrogen and oxygen atoms in total. The van der Waals surface area contributed by atoms with Gasteiger partial charge in [-0.05, 0) is 60.1 Å². The predicted molar refractivity (Wildman–Crippen MR) is 120 cm³/mol. The van der Waals surface area contributed by atoms with Crippen LogP contribution in [0.4, 0.5) is 8.78 Å². The summed E-state index contributed by atoms with van der Waals surface area (Å²) in [5.41, 5.74) is 2.74. The van der Waals surface area contributed by atoms with Crippen molar-refractivity contribution in [3.63, 3.8) is 0 Å². The highest BCUT2D eigenvalue weighted by atomic mass is 19.1. The van der Waals surface area contributed by atoms with Crippen LogP contribution in [0.25, 0.3) is 22.6 Å². The maximum absolute atomic E-state index is 14.5. The van der Waals surface area contributed by atoms with Gasteiger partial charge in [0, 0.05) is 11.8 Å². The molecule has 172 valence electrons. The lowest BCUT2D eigenvalue weighted by Crippen LogP contribution is -2.37. The van der Waals surface area contributed by atoms with Crippen molar-refractivity contribution in [2.75, 3.05) is 0 Å². The Kier molecular flexibility index (Phi) is 4.48. The maximum atomic E-state index is 14.5. The topological polar surface area (TPSA) is 84.9 Å². The van der Waals surface area contributed by atoms with Gasteiger partial charge >= 0.3 is 0 Å². The van der Waals surface area contributed by atoms with Gasteiger partial charge in [0.25, 0.3) is 0 Å². The fourth-order valence-corrected chi connectivity index (χ4v) is 6.09. The lowest BCUT2D eigenvalue weighted by atomic mass is 9.66. The second-order valence-electron chi connectivity index (χ2n) is 9.55. The molecule has 1 fully saturated rings. The molecule has 0 amide bonds. The van der Waals surface area contributed by atoms with Gasteiger partial charge in [-0.25, -0.2) is 13.8 Å². The first kappa shape index (κ1) is 21.0. The second kappa shape index (κ2) is 7.24. The first-order chi connectivity index (χ1) is 16.4. The molecule has 2 atom stereocenters. The van der Waals surface area contributed by atoms with Crippen LogP contribution in [0, 0.1) is 17.0 Å². The molecule has 8 heteroatoms. The number of halogens is 2. The molecule has 3 heterocycles. The summed E-state index contributed by atoms with van der Waals surface area (Å²) in [7, 11) is 0. The lowest BCUT2D eigenvalue weighted by Gasteiger charge is -2.37. The second-order valence-corrected chi connectivity index (χ2v) is 9.55. The van der Waals surface area contributed by atoms with Crippen molar-refractivity contribution in [1.82, 2.24) is 20.2 Å². The van der Waals surface area contributed by atoms with Gasteiger partial charge in [-0.15, -0.1) is 5.10 Å². The normalized spacial score (nSPS) is 22.2. The number of hydrogen-bond acceptors (Lipinski definition) is 6. The molecular formula is C26H22F2N4O2. The average molecular weight is 460 g/mol. The van der Waals surface area contributed by atoms with Crippen molar-refractivity contribution in [1.29, 1.82) is 0 Å². The Morgan fingerprint density at radius 2 is 1.88 bits per heavy atom. The molecule has 4 aromatic rings. The number of benzene rings is 1. The van der Waals surface area contributed by atoms with Crippen molar-refractivity contribution < 1.29 is 18.3 Å². The van der Waals surface area contributed by atoms with Crippen LogP contribution < -0.4 is 0 Å². The van der Waals surface area contributed by atoms with E-state index < -0.39 is 17.0 Å². The molecule has 2 bridgehead atoms. The minimum Gasteiger partial charge on any atom is -0.438 e. The molecule has 0 spiro atoms. The van der Waals surface area contributed by atoms with Crippen molar-refractivity contribution in [2.24, 2.45) is 5.41 Å². The van der Waals surface area contributed by atoms with Crippen LogP contribution in [0.2, 0.25) is 0 Å². The first-order valence-corrected chi connectivity index (χ1v) is 11.2. The van der Waals surface area contributed by atoms with E-state index in [-0.39, 0.29) is 35.1 Å². The molecule has 2 aliphatic carbocycles. The molecular weight excluding hydrogens is 438 g/mol. The highest BCUT2D eigenvalue weighted by Crippen LogP contribution is 2.69. The highest BCUT2D eigenvalue weighted by molar-refractivity contribution is 5.65. The Morgan fingerprint density at radius 3 is 2.62 bits per heavy atom. The van der Waals surface area contributed by atoms with E-state index in [4.69, 9.17) is 9.40 Å². The number of hydrogen-bond donors (Lipinski definition) is 1. The van der Waals surface area contributed by atoms with Crippen molar-refractivity contribution in [2.45, 2.75) is 44.6 Å². The number of rotatable bonds is 4. The molecule has 3 aromatic heterocycles. The zero-order chi connectivity index (χ0) is 23.7. The van der Waals surface area contributed by atoms with Crippen molar-refractivity contribution >= 4 is 0 Å². The summed E-state index contributed by atoms with van der Waals surface area (Å²) in [6, 6.07) is 9.41. The van der Waals surface area contributed by atoms with E-state index in [1.165, 1.54) is 18.2 Å². The van der Waals surface area contributed by atoms with Gasteiger partial charge in [-0.1, -0.05) is 19.9 Å². The minimum atomic E-state index is -0.657. The Labute approximate surface area is 194 Å². The van der Waals surface area contributed by atoms with Gasteiger partial charge in [0.2, 0.25) is 5.89 Å². The number of nitrogens with zero attached hydrogens (tertiary/aromatic N) is 4. The van der Waals surface area contributed by atoms with Crippen LogP contribution in [-0.4, -0.2) is 25.3 Å². The quantitative estimate of drug-likeness (QED) is 0.452. The molecule has 6 rings (SSSR count). The molecule has 1 saturated carbocycles. The van der Waals surface area contributed by atoms with Gasteiger partial charge in [0.1, 0.15) is 18.2 Å². The number of pyridine rings is 1. The molecule has 1 N–H and O–H groups in total. The zero-order valence-corrected chi connectivity index (χ0v) is 18.7. The molecule has 0 aliphatic heterocycles. The van der Waals surface area contributed by atoms with E-state index in [1.54, 1.807) is 18.5 Å². The summed E-state index contributed by atoms with van der Waals surface area (Å²) in [5, 5.41) is 18.1. The average Bonchev–Trinajstić information content (AvgIpc) is 3.47. The largest absolute Gasteiger partial charge is 0.438 e. The number of oxazole rings is 1.